The van der Waals surface area contributed by atoms with Crippen LogP contribution >= 0.6 is 0 Å². The zero-order valence-electron chi connectivity index (χ0n) is 7.82. The molecule has 0 radical (unpaired) electrons. The van der Waals surface area contributed by atoms with Crippen LogP contribution in [0.1, 0.15) is 0 Å². The van der Waals surface area contributed by atoms with Crippen molar-refractivity contribution in [2.75, 3.05) is 26.7 Å². The van der Waals surface area contributed by atoms with Gasteiger partial charge in [-0.05, 0) is 0 Å². The molecule has 0 aliphatic carbocycles. The van der Waals surface area contributed by atoms with Crippen molar-refractivity contribution in [3.63, 3.8) is 0 Å². The predicted octanol–water partition coefficient (Wildman–Crippen LogP) is -2.40. The number of nitrogens with zero attached hydrogens (tertiary/aromatic N) is 1. The Kier molecular flexibility index (Phi) is 5.23. The van der Waals surface area contributed by atoms with E-state index in [2.05, 4.69) is 5.32 Å². The molecule has 14 heavy (non-hydrogen) atoms. The minimum absolute atomic E-state index is 0.161. The fraction of sp³-hybridized carbons (Fsp3) is 0.571. The molecule has 0 bridgehead atoms. The molecule has 0 unspecified atom stereocenters. The molecule has 7 heteroatoms. The highest BCUT2D eigenvalue weighted by Gasteiger charge is 2.14. The molecule has 0 saturated heterocycles. The quantitative estimate of drug-likeness (QED) is 0.445. The number of amides is 2. The van der Waals surface area contributed by atoms with Crippen molar-refractivity contribution in [3.05, 3.63) is 0 Å². The van der Waals surface area contributed by atoms with Crippen LogP contribution in [0.15, 0.2) is 0 Å². The van der Waals surface area contributed by atoms with E-state index in [-0.39, 0.29) is 19.0 Å². The van der Waals surface area contributed by atoms with Gasteiger partial charge in [0.15, 0.2) is 0 Å². The van der Waals surface area contributed by atoms with Crippen LogP contribution in [0, 0.1) is 0 Å². The summed E-state index contributed by atoms with van der Waals surface area (Å²) in [6.45, 7) is -0.804. The number of carboxylic acids is 1. The van der Waals surface area contributed by atoms with Crippen LogP contribution in [-0.4, -0.2) is 54.5 Å². The fourth-order valence-electron chi connectivity index (χ4n) is 0.862. The lowest BCUT2D eigenvalue weighted by Crippen LogP contribution is -2.42. The Bertz CT molecular complexity index is 225. The minimum Gasteiger partial charge on any atom is -0.480 e. The molecule has 0 aliphatic heterocycles. The molecule has 0 rings (SSSR count). The monoisotopic (exact) mass is 203 g/mol. The van der Waals surface area contributed by atoms with Gasteiger partial charge >= 0.3 is 5.97 Å². The van der Waals surface area contributed by atoms with Crippen LogP contribution < -0.4 is 11.1 Å². The summed E-state index contributed by atoms with van der Waals surface area (Å²) in [5.74, 6) is -2.15. The van der Waals surface area contributed by atoms with Crippen molar-refractivity contribution in [1.82, 2.24) is 10.2 Å². The lowest BCUT2D eigenvalue weighted by atomic mass is 10.4. The molecule has 0 spiro atoms. The van der Waals surface area contributed by atoms with Crippen LogP contribution in [-0.2, 0) is 14.4 Å². The van der Waals surface area contributed by atoms with Gasteiger partial charge < -0.3 is 16.2 Å². The Morgan fingerprint density at radius 1 is 1.29 bits per heavy atom. The van der Waals surface area contributed by atoms with Crippen molar-refractivity contribution in [1.29, 1.82) is 0 Å². The number of aliphatic carboxylic acids is 1. The molecule has 7 nitrogen and oxygen atoms in total. The van der Waals surface area contributed by atoms with E-state index in [1.54, 1.807) is 0 Å². The average molecular weight is 203 g/mol. The number of nitrogens with one attached hydrogen (secondary N) is 1. The number of carbonyl (C=O) groups excluding carboxylic acids is 2. The fourth-order valence-corrected chi connectivity index (χ4v) is 0.862. The molecule has 0 aromatic carbocycles. The van der Waals surface area contributed by atoms with Gasteiger partial charge in [-0.15, -0.1) is 0 Å². The highest BCUT2D eigenvalue weighted by molar-refractivity contribution is 5.81. The number of rotatable bonds is 6. The summed E-state index contributed by atoms with van der Waals surface area (Å²) in [7, 11) is 1.42. The molecule has 0 saturated carbocycles. The summed E-state index contributed by atoms with van der Waals surface area (Å²) < 4.78 is 0. The van der Waals surface area contributed by atoms with Gasteiger partial charge in [0.05, 0.1) is 19.6 Å². The summed E-state index contributed by atoms with van der Waals surface area (Å²) in [6, 6.07) is 0. The standard InChI is InChI=1S/C7H13N3O4/c1-9-6(12)3-10(2-5(8)11)4-7(13)14/h2-4H2,1H3,(H2,8,11)(H,9,12)(H,13,14). The van der Waals surface area contributed by atoms with Crippen molar-refractivity contribution in [2.45, 2.75) is 0 Å². The summed E-state index contributed by atoms with van der Waals surface area (Å²) >= 11 is 0. The van der Waals surface area contributed by atoms with Crippen LogP contribution in [0.25, 0.3) is 0 Å². The van der Waals surface area contributed by atoms with E-state index in [1.807, 2.05) is 0 Å². The van der Waals surface area contributed by atoms with Gasteiger partial charge in [-0.3, -0.25) is 19.3 Å². The third-order valence-corrected chi connectivity index (χ3v) is 1.38. The molecule has 0 aliphatic rings. The summed E-state index contributed by atoms with van der Waals surface area (Å²) in [4.78, 5) is 32.9. The van der Waals surface area contributed by atoms with Crippen molar-refractivity contribution in [3.8, 4) is 0 Å². The van der Waals surface area contributed by atoms with Crippen LogP contribution in [0.5, 0.6) is 0 Å². The highest BCUT2D eigenvalue weighted by Crippen LogP contribution is 1.87. The smallest absolute Gasteiger partial charge is 0.317 e. The second kappa shape index (κ2) is 5.92. The average Bonchev–Trinajstić information content (AvgIpc) is 2.01. The maximum atomic E-state index is 10.9. The van der Waals surface area contributed by atoms with E-state index in [0.717, 1.165) is 4.90 Å². The Balaban J connectivity index is 4.16. The number of hydrogen-bond donors (Lipinski definition) is 3. The van der Waals surface area contributed by atoms with Gasteiger partial charge in [-0.1, -0.05) is 0 Å². The zero-order chi connectivity index (χ0) is 11.1. The first kappa shape index (κ1) is 12.4. The number of likely N-dealkylation sites (N-methyl/N-ethyl adjacent to an activating group) is 1. The Morgan fingerprint density at radius 2 is 1.86 bits per heavy atom. The molecule has 0 atom stereocenters. The van der Waals surface area contributed by atoms with Crippen molar-refractivity contribution >= 4 is 17.8 Å². The van der Waals surface area contributed by atoms with E-state index in [4.69, 9.17) is 10.8 Å². The Labute approximate surface area is 80.9 Å². The van der Waals surface area contributed by atoms with Crippen LogP contribution in [0.2, 0.25) is 0 Å². The van der Waals surface area contributed by atoms with Gasteiger partial charge in [0, 0.05) is 7.05 Å². The first-order valence-corrected chi connectivity index (χ1v) is 3.88. The zero-order valence-corrected chi connectivity index (χ0v) is 7.82. The molecule has 0 heterocycles. The minimum atomic E-state index is -1.12. The lowest BCUT2D eigenvalue weighted by molar-refractivity contribution is -0.139. The summed E-state index contributed by atoms with van der Waals surface area (Å²) in [5, 5.41) is 10.8. The first-order chi connectivity index (χ1) is 6.45. The summed E-state index contributed by atoms with van der Waals surface area (Å²) in [6.07, 6.45) is 0. The molecule has 4 N–H and O–H groups in total. The number of carbonyl (C=O) groups is 3. The third kappa shape index (κ3) is 5.95. The number of carboxylic acid groups (broad SMARTS) is 1. The second-order valence-electron chi connectivity index (χ2n) is 2.68. The van der Waals surface area contributed by atoms with Crippen molar-refractivity contribution < 1.29 is 19.5 Å². The second-order valence-corrected chi connectivity index (χ2v) is 2.68. The maximum Gasteiger partial charge on any atom is 0.317 e. The molecule has 2 amide bonds. The number of hydrogen-bond acceptors (Lipinski definition) is 4. The topological polar surface area (TPSA) is 113 Å². The molecule has 0 fully saturated rings. The normalized spacial score (nSPS) is 9.86. The summed E-state index contributed by atoms with van der Waals surface area (Å²) in [5.41, 5.74) is 4.88. The van der Waals surface area contributed by atoms with Gasteiger partial charge in [-0.2, -0.15) is 0 Å². The Morgan fingerprint density at radius 3 is 2.21 bits per heavy atom. The molecule has 80 valence electrons. The number of primary amides is 1. The van der Waals surface area contributed by atoms with E-state index < -0.39 is 18.4 Å². The third-order valence-electron chi connectivity index (χ3n) is 1.38. The van der Waals surface area contributed by atoms with Gasteiger partial charge in [-0.25, -0.2) is 0 Å². The van der Waals surface area contributed by atoms with Crippen molar-refractivity contribution in [2.24, 2.45) is 5.73 Å². The van der Waals surface area contributed by atoms with Gasteiger partial charge in [0.25, 0.3) is 0 Å². The van der Waals surface area contributed by atoms with Gasteiger partial charge in [0.1, 0.15) is 0 Å². The SMILES string of the molecule is CNC(=O)CN(CC(N)=O)CC(=O)O. The van der Waals surface area contributed by atoms with E-state index in [1.165, 1.54) is 7.05 Å². The van der Waals surface area contributed by atoms with Gasteiger partial charge in [0.2, 0.25) is 11.8 Å². The molecule has 0 aromatic rings. The largest absolute Gasteiger partial charge is 0.480 e. The van der Waals surface area contributed by atoms with E-state index in [9.17, 15) is 14.4 Å². The molecular weight excluding hydrogens is 190 g/mol. The maximum absolute atomic E-state index is 10.9. The lowest BCUT2D eigenvalue weighted by Gasteiger charge is -2.16. The molecule has 0 aromatic heterocycles. The highest BCUT2D eigenvalue weighted by atomic mass is 16.4. The molecular formula is C7H13N3O4. The van der Waals surface area contributed by atoms with Crippen LogP contribution in [0.4, 0.5) is 0 Å². The first-order valence-electron chi connectivity index (χ1n) is 3.88. The van der Waals surface area contributed by atoms with E-state index >= 15 is 0 Å². The Hall–Kier alpha value is -1.63. The predicted molar refractivity (Wildman–Crippen MR) is 47.3 cm³/mol. The number of nitrogens with two attached hydrogens (primary N) is 1. The van der Waals surface area contributed by atoms with Crippen LogP contribution in [0.3, 0.4) is 0 Å². The van der Waals surface area contributed by atoms with E-state index in [0.29, 0.717) is 0 Å².